The third-order valence-electron chi connectivity index (χ3n) is 3.46. The molecule has 0 saturated carbocycles. The number of anilines is 1. The van der Waals surface area contributed by atoms with Gasteiger partial charge in [0.25, 0.3) is 0 Å². The Kier molecular flexibility index (Phi) is 3.73. The van der Waals surface area contributed by atoms with Gasteiger partial charge < -0.3 is 5.32 Å². The van der Waals surface area contributed by atoms with E-state index >= 15 is 0 Å². The molecular weight excluding hydrogens is 302 g/mol. The molecule has 0 aliphatic heterocycles. The van der Waals surface area contributed by atoms with Gasteiger partial charge in [0, 0.05) is 17.8 Å². The summed E-state index contributed by atoms with van der Waals surface area (Å²) in [6, 6.07) is 14.3. The molecule has 0 aliphatic carbocycles. The van der Waals surface area contributed by atoms with Crippen LogP contribution in [0.1, 0.15) is 0 Å². The van der Waals surface area contributed by atoms with Crippen LogP contribution in [0.3, 0.4) is 0 Å². The van der Waals surface area contributed by atoms with E-state index in [1.165, 1.54) is 9.13 Å². The zero-order chi connectivity index (χ0) is 15.7. The highest BCUT2D eigenvalue weighted by molar-refractivity contribution is 6.30. The van der Waals surface area contributed by atoms with Crippen molar-refractivity contribution in [1.82, 2.24) is 9.13 Å². The van der Waals surface area contributed by atoms with Gasteiger partial charge in [-0.15, -0.1) is 0 Å². The zero-order valence-corrected chi connectivity index (χ0v) is 12.7. The van der Waals surface area contributed by atoms with Crippen LogP contribution in [-0.4, -0.2) is 15.0 Å². The number of nitrogens with one attached hydrogen (secondary N) is 1. The lowest BCUT2D eigenvalue weighted by Crippen LogP contribution is -2.28. The van der Waals surface area contributed by atoms with Gasteiger partial charge in [-0.25, -0.2) is 4.79 Å². The number of hydrogen-bond acceptors (Lipinski definition) is 2. The maximum Gasteiger partial charge on any atom is 0.329 e. The molecule has 22 heavy (non-hydrogen) atoms. The van der Waals surface area contributed by atoms with E-state index in [0.29, 0.717) is 10.7 Å². The van der Waals surface area contributed by atoms with Gasteiger partial charge in [-0.3, -0.25) is 13.9 Å². The zero-order valence-electron chi connectivity index (χ0n) is 11.9. The molecule has 0 aliphatic rings. The highest BCUT2D eigenvalue weighted by atomic mass is 35.5. The Morgan fingerprint density at radius 1 is 1.14 bits per heavy atom. The normalized spacial score (nSPS) is 10.8. The van der Waals surface area contributed by atoms with Gasteiger partial charge in [0.15, 0.2) is 0 Å². The van der Waals surface area contributed by atoms with Gasteiger partial charge in [-0.1, -0.05) is 29.8 Å². The number of carbonyl (C=O) groups is 1. The predicted octanol–water partition coefficient (Wildman–Crippen LogP) is 2.63. The Hall–Kier alpha value is -2.53. The Bertz CT molecular complexity index is 911. The molecule has 1 N–H and O–H groups in total. The molecule has 1 aromatic heterocycles. The molecule has 0 bridgehead atoms. The highest BCUT2D eigenvalue weighted by Gasteiger charge is 2.13. The van der Waals surface area contributed by atoms with Gasteiger partial charge in [-0.05, 0) is 30.3 Å². The van der Waals surface area contributed by atoms with Crippen LogP contribution in [0.2, 0.25) is 5.02 Å². The summed E-state index contributed by atoms with van der Waals surface area (Å²) in [5.74, 6) is -0.277. The lowest BCUT2D eigenvalue weighted by Gasteiger charge is -2.06. The van der Waals surface area contributed by atoms with Crippen molar-refractivity contribution in [2.75, 3.05) is 5.32 Å². The summed E-state index contributed by atoms with van der Waals surface area (Å²) in [4.78, 5) is 24.4. The van der Waals surface area contributed by atoms with Crippen LogP contribution in [0.25, 0.3) is 11.0 Å². The highest BCUT2D eigenvalue weighted by Crippen LogP contribution is 2.15. The van der Waals surface area contributed by atoms with E-state index in [4.69, 9.17) is 11.6 Å². The molecule has 0 radical (unpaired) electrons. The van der Waals surface area contributed by atoms with Crippen molar-refractivity contribution in [2.45, 2.75) is 6.54 Å². The topological polar surface area (TPSA) is 56.0 Å². The smallest absolute Gasteiger partial charge is 0.324 e. The fraction of sp³-hybridized carbons (Fsp3) is 0.125. The Labute approximate surface area is 131 Å². The molecule has 1 heterocycles. The molecule has 3 rings (SSSR count). The average molecular weight is 316 g/mol. The van der Waals surface area contributed by atoms with Crippen molar-refractivity contribution < 1.29 is 4.79 Å². The van der Waals surface area contributed by atoms with Gasteiger partial charge in [0.2, 0.25) is 5.91 Å². The predicted molar refractivity (Wildman–Crippen MR) is 87.3 cm³/mol. The standard InChI is InChI=1S/C16H14ClN3O2/c1-19-13-7-2-3-8-14(13)20(16(19)22)10-15(21)18-12-6-4-5-11(17)9-12/h2-9H,10H2,1H3,(H,18,21). The van der Waals surface area contributed by atoms with Crippen molar-refractivity contribution in [1.29, 1.82) is 0 Å². The minimum absolute atomic E-state index is 0.0489. The van der Waals surface area contributed by atoms with Crippen molar-refractivity contribution in [3.63, 3.8) is 0 Å². The first-order valence-electron chi connectivity index (χ1n) is 6.76. The molecule has 5 nitrogen and oxygen atoms in total. The minimum Gasteiger partial charge on any atom is -0.324 e. The minimum atomic E-state index is -0.277. The van der Waals surface area contributed by atoms with Crippen LogP contribution in [0, 0.1) is 0 Å². The van der Waals surface area contributed by atoms with E-state index in [1.807, 2.05) is 24.3 Å². The molecule has 0 saturated heterocycles. The third kappa shape index (κ3) is 2.63. The number of nitrogens with zero attached hydrogens (tertiary/aromatic N) is 2. The number of hydrogen-bond donors (Lipinski definition) is 1. The van der Waals surface area contributed by atoms with Crippen LogP contribution in [0.15, 0.2) is 53.3 Å². The van der Waals surface area contributed by atoms with E-state index in [-0.39, 0.29) is 18.1 Å². The first-order chi connectivity index (χ1) is 10.6. The molecule has 0 spiro atoms. The molecule has 0 atom stereocenters. The molecule has 112 valence electrons. The summed E-state index contributed by atoms with van der Waals surface area (Å²) in [7, 11) is 1.69. The van der Waals surface area contributed by atoms with E-state index in [0.717, 1.165) is 11.0 Å². The summed E-state index contributed by atoms with van der Waals surface area (Å²) in [5, 5.41) is 3.28. The molecule has 1 amide bonds. The van der Waals surface area contributed by atoms with Gasteiger partial charge >= 0.3 is 5.69 Å². The van der Waals surface area contributed by atoms with Crippen LogP contribution in [0.4, 0.5) is 5.69 Å². The number of imidazole rings is 1. The number of halogens is 1. The van der Waals surface area contributed by atoms with Crippen LogP contribution >= 0.6 is 11.6 Å². The van der Waals surface area contributed by atoms with Crippen LogP contribution < -0.4 is 11.0 Å². The van der Waals surface area contributed by atoms with Crippen molar-refractivity contribution in [3.8, 4) is 0 Å². The number of para-hydroxylation sites is 2. The molecular formula is C16H14ClN3O2. The first kappa shape index (κ1) is 14.4. The number of carbonyl (C=O) groups excluding carboxylic acids is 1. The van der Waals surface area contributed by atoms with Gasteiger partial charge in [0.05, 0.1) is 11.0 Å². The number of aryl methyl sites for hydroxylation is 1. The number of fused-ring (bicyclic) bond motifs is 1. The molecule has 3 aromatic rings. The number of benzene rings is 2. The second kappa shape index (κ2) is 5.69. The van der Waals surface area contributed by atoms with E-state index in [1.54, 1.807) is 31.3 Å². The monoisotopic (exact) mass is 315 g/mol. The fourth-order valence-corrected chi connectivity index (χ4v) is 2.62. The molecule has 2 aromatic carbocycles. The van der Waals surface area contributed by atoms with Crippen molar-refractivity contribution >= 4 is 34.2 Å². The quantitative estimate of drug-likeness (QED) is 0.808. The SMILES string of the molecule is Cn1c(=O)n(CC(=O)Nc2cccc(Cl)c2)c2ccccc21. The Balaban J connectivity index is 1.89. The molecule has 6 heteroatoms. The second-order valence-electron chi connectivity index (χ2n) is 4.97. The van der Waals surface area contributed by atoms with Gasteiger partial charge in [0.1, 0.15) is 6.54 Å². The fourth-order valence-electron chi connectivity index (χ4n) is 2.43. The van der Waals surface area contributed by atoms with E-state index < -0.39 is 0 Å². The number of amides is 1. The van der Waals surface area contributed by atoms with Crippen molar-refractivity contribution in [2.24, 2.45) is 7.05 Å². The van der Waals surface area contributed by atoms with Crippen LogP contribution in [0.5, 0.6) is 0 Å². The van der Waals surface area contributed by atoms with Crippen molar-refractivity contribution in [3.05, 3.63) is 64.0 Å². The number of rotatable bonds is 3. The lowest BCUT2D eigenvalue weighted by molar-refractivity contribution is -0.116. The molecule has 0 fully saturated rings. The summed E-state index contributed by atoms with van der Waals surface area (Å²) < 4.78 is 2.98. The maximum atomic E-state index is 12.3. The maximum absolute atomic E-state index is 12.3. The summed E-state index contributed by atoms with van der Waals surface area (Å²) in [5.41, 5.74) is 1.91. The Morgan fingerprint density at radius 2 is 1.86 bits per heavy atom. The second-order valence-corrected chi connectivity index (χ2v) is 5.41. The van der Waals surface area contributed by atoms with Gasteiger partial charge in [-0.2, -0.15) is 0 Å². The molecule has 0 unspecified atom stereocenters. The summed E-state index contributed by atoms with van der Waals surface area (Å²) in [6.07, 6.45) is 0. The largest absolute Gasteiger partial charge is 0.329 e. The third-order valence-corrected chi connectivity index (χ3v) is 3.70. The van der Waals surface area contributed by atoms with Crippen LogP contribution in [-0.2, 0) is 18.4 Å². The summed E-state index contributed by atoms with van der Waals surface area (Å²) >= 11 is 5.89. The summed E-state index contributed by atoms with van der Waals surface area (Å²) in [6.45, 7) is -0.0489. The Morgan fingerprint density at radius 3 is 2.59 bits per heavy atom. The van der Waals surface area contributed by atoms with E-state index in [2.05, 4.69) is 5.32 Å². The first-order valence-corrected chi connectivity index (χ1v) is 7.14. The lowest BCUT2D eigenvalue weighted by atomic mass is 10.3. The average Bonchev–Trinajstić information content (AvgIpc) is 2.73. The van der Waals surface area contributed by atoms with E-state index in [9.17, 15) is 9.59 Å². The number of aromatic nitrogens is 2.